The largest absolute Gasteiger partial charge is 0.480 e. The van der Waals surface area contributed by atoms with Crippen molar-refractivity contribution in [2.75, 3.05) is 0 Å². The summed E-state index contributed by atoms with van der Waals surface area (Å²) in [6.07, 6.45) is 2.75. The fourth-order valence-electron chi connectivity index (χ4n) is 0.943. The van der Waals surface area contributed by atoms with Crippen molar-refractivity contribution in [3.05, 3.63) is 30.1 Å². The molecule has 0 fully saturated rings. The Morgan fingerprint density at radius 1 is 1.43 bits per heavy atom. The average molecular weight is 194 g/mol. The summed E-state index contributed by atoms with van der Waals surface area (Å²) in [5.41, 5.74) is 5.65. The minimum Gasteiger partial charge on any atom is -0.480 e. The van der Waals surface area contributed by atoms with Crippen LogP contribution < -0.4 is 5.73 Å². The number of hydrogen-bond donors (Lipinski definition) is 2. The van der Waals surface area contributed by atoms with Gasteiger partial charge in [-0.15, -0.1) is 0 Å². The Bertz CT molecular complexity index is 337. The highest BCUT2D eigenvalue weighted by atomic mass is 16.4. The maximum Gasteiger partial charge on any atom is 0.320 e. The summed E-state index contributed by atoms with van der Waals surface area (Å²) >= 11 is 0. The molecule has 1 unspecified atom stereocenters. The molecule has 5 nitrogen and oxygen atoms in total. The van der Waals surface area contributed by atoms with E-state index < -0.39 is 12.0 Å². The first kappa shape index (κ1) is 10.3. The Balaban J connectivity index is 2.64. The Kier molecular flexibility index (Phi) is 3.30. The number of hydrogen-bond acceptors (Lipinski definition) is 4. The highest BCUT2D eigenvalue weighted by Gasteiger charge is 2.16. The van der Waals surface area contributed by atoms with E-state index in [1.54, 1.807) is 0 Å². The number of Topliss-reactive ketones (excluding diaryl/α,β-unsaturated/α-hetero) is 1. The van der Waals surface area contributed by atoms with Crippen LogP contribution >= 0.6 is 0 Å². The van der Waals surface area contributed by atoms with Crippen LogP contribution in [0.3, 0.4) is 0 Å². The van der Waals surface area contributed by atoms with E-state index in [1.165, 1.54) is 24.5 Å². The van der Waals surface area contributed by atoms with Gasteiger partial charge in [-0.2, -0.15) is 0 Å². The van der Waals surface area contributed by atoms with Gasteiger partial charge in [0.15, 0.2) is 5.78 Å². The molecule has 0 spiro atoms. The molecule has 0 amide bonds. The summed E-state index contributed by atoms with van der Waals surface area (Å²) < 4.78 is 0. The van der Waals surface area contributed by atoms with Crippen molar-refractivity contribution in [2.45, 2.75) is 12.5 Å². The van der Waals surface area contributed by atoms with Gasteiger partial charge in [0.25, 0.3) is 0 Å². The first-order valence-corrected chi connectivity index (χ1v) is 4.03. The van der Waals surface area contributed by atoms with Gasteiger partial charge < -0.3 is 10.8 Å². The number of rotatable bonds is 4. The molecule has 74 valence electrons. The van der Waals surface area contributed by atoms with Crippen LogP contribution in [0.1, 0.15) is 16.8 Å². The lowest BCUT2D eigenvalue weighted by atomic mass is 10.1. The zero-order valence-electron chi connectivity index (χ0n) is 7.38. The normalized spacial score (nSPS) is 12.1. The molecule has 5 heteroatoms. The van der Waals surface area contributed by atoms with Crippen molar-refractivity contribution in [2.24, 2.45) is 5.73 Å². The minimum absolute atomic E-state index is 0.195. The Morgan fingerprint density at radius 2 is 2.00 bits per heavy atom. The number of carboxylic acid groups (broad SMARTS) is 1. The van der Waals surface area contributed by atoms with E-state index in [9.17, 15) is 9.59 Å². The minimum atomic E-state index is -1.17. The molecule has 0 saturated carbocycles. The lowest BCUT2D eigenvalue weighted by Crippen LogP contribution is -2.32. The van der Waals surface area contributed by atoms with Crippen LogP contribution in [0.5, 0.6) is 0 Å². The van der Waals surface area contributed by atoms with E-state index in [2.05, 4.69) is 4.98 Å². The second kappa shape index (κ2) is 4.48. The lowest BCUT2D eigenvalue weighted by molar-refractivity contribution is -0.138. The van der Waals surface area contributed by atoms with Crippen molar-refractivity contribution < 1.29 is 14.7 Å². The molecule has 1 atom stereocenters. The Morgan fingerprint density at radius 3 is 2.50 bits per heavy atom. The number of aromatic nitrogens is 1. The monoisotopic (exact) mass is 194 g/mol. The SMILES string of the molecule is NC(CC(=O)c1ccncc1)C(=O)O. The van der Waals surface area contributed by atoms with E-state index in [0.29, 0.717) is 5.56 Å². The van der Waals surface area contributed by atoms with Crippen LogP contribution in [0.25, 0.3) is 0 Å². The molecule has 1 aromatic heterocycles. The third-order valence-corrected chi connectivity index (χ3v) is 1.72. The molecule has 1 heterocycles. The number of ketones is 1. The van der Waals surface area contributed by atoms with Crippen molar-refractivity contribution >= 4 is 11.8 Å². The number of carbonyl (C=O) groups excluding carboxylic acids is 1. The predicted octanol–water partition coefficient (Wildman–Crippen LogP) is 0.0663. The van der Waals surface area contributed by atoms with Gasteiger partial charge in [-0.1, -0.05) is 0 Å². The van der Waals surface area contributed by atoms with Gasteiger partial charge in [-0.3, -0.25) is 14.6 Å². The molecule has 0 aliphatic carbocycles. The maximum atomic E-state index is 11.4. The summed E-state index contributed by atoms with van der Waals surface area (Å²) in [7, 11) is 0. The van der Waals surface area contributed by atoms with Gasteiger partial charge in [-0.25, -0.2) is 0 Å². The van der Waals surface area contributed by atoms with Gasteiger partial charge in [0.1, 0.15) is 6.04 Å². The summed E-state index contributed by atoms with van der Waals surface area (Å²) in [6, 6.07) is 1.91. The van der Waals surface area contributed by atoms with Crippen LogP contribution in [-0.2, 0) is 4.79 Å². The fourth-order valence-corrected chi connectivity index (χ4v) is 0.943. The molecule has 1 aromatic rings. The van der Waals surface area contributed by atoms with Crippen LogP contribution in [0.2, 0.25) is 0 Å². The molecule has 1 rings (SSSR count). The number of nitrogens with two attached hydrogens (primary N) is 1. The van der Waals surface area contributed by atoms with Crippen molar-refractivity contribution in [3.63, 3.8) is 0 Å². The molecule has 0 aliphatic rings. The first-order chi connectivity index (χ1) is 6.61. The van der Waals surface area contributed by atoms with Gasteiger partial charge >= 0.3 is 5.97 Å². The number of pyridine rings is 1. The maximum absolute atomic E-state index is 11.4. The number of carboxylic acids is 1. The zero-order valence-corrected chi connectivity index (χ0v) is 7.38. The number of nitrogens with zero attached hydrogens (tertiary/aromatic N) is 1. The van der Waals surface area contributed by atoms with E-state index in [-0.39, 0.29) is 12.2 Å². The molecular formula is C9H10N2O3. The van der Waals surface area contributed by atoms with E-state index >= 15 is 0 Å². The average Bonchev–Trinajstić information content (AvgIpc) is 2.19. The smallest absolute Gasteiger partial charge is 0.320 e. The third kappa shape index (κ3) is 2.63. The molecule has 0 bridgehead atoms. The Labute approximate surface area is 80.6 Å². The van der Waals surface area contributed by atoms with E-state index in [4.69, 9.17) is 10.8 Å². The zero-order chi connectivity index (χ0) is 10.6. The fraction of sp³-hybridized carbons (Fsp3) is 0.222. The third-order valence-electron chi connectivity index (χ3n) is 1.72. The van der Waals surface area contributed by atoms with E-state index in [1.807, 2.05) is 0 Å². The van der Waals surface area contributed by atoms with Gasteiger partial charge in [0.05, 0.1) is 0 Å². The molecule has 3 N–H and O–H groups in total. The summed E-state index contributed by atoms with van der Waals surface area (Å²) in [5.74, 6) is -1.46. The molecule has 0 aliphatic heterocycles. The van der Waals surface area contributed by atoms with Crippen molar-refractivity contribution in [1.82, 2.24) is 4.98 Å². The topological polar surface area (TPSA) is 93.3 Å². The van der Waals surface area contributed by atoms with Crippen molar-refractivity contribution in [3.8, 4) is 0 Å². The second-order valence-corrected chi connectivity index (χ2v) is 2.81. The van der Waals surface area contributed by atoms with Crippen LogP contribution in [-0.4, -0.2) is 27.9 Å². The van der Waals surface area contributed by atoms with Crippen LogP contribution in [0.15, 0.2) is 24.5 Å². The van der Waals surface area contributed by atoms with E-state index in [0.717, 1.165) is 0 Å². The van der Waals surface area contributed by atoms with Gasteiger partial charge in [-0.05, 0) is 12.1 Å². The highest BCUT2D eigenvalue weighted by Crippen LogP contribution is 2.03. The van der Waals surface area contributed by atoms with Gasteiger partial charge in [0.2, 0.25) is 0 Å². The quantitative estimate of drug-likeness (QED) is 0.661. The molecule has 0 radical (unpaired) electrons. The standard InChI is InChI=1S/C9H10N2O3/c10-7(9(13)14)5-8(12)6-1-3-11-4-2-6/h1-4,7H,5,10H2,(H,13,14). The number of carbonyl (C=O) groups is 2. The second-order valence-electron chi connectivity index (χ2n) is 2.81. The lowest BCUT2D eigenvalue weighted by Gasteiger charge is -2.04. The van der Waals surface area contributed by atoms with Gasteiger partial charge in [0, 0.05) is 24.4 Å². The first-order valence-electron chi connectivity index (χ1n) is 4.03. The summed E-state index contributed by atoms with van der Waals surface area (Å²) in [6.45, 7) is 0. The highest BCUT2D eigenvalue weighted by molar-refractivity contribution is 5.98. The molecule has 14 heavy (non-hydrogen) atoms. The van der Waals surface area contributed by atoms with Crippen molar-refractivity contribution in [1.29, 1.82) is 0 Å². The summed E-state index contributed by atoms with van der Waals surface area (Å²) in [5, 5.41) is 8.49. The Hall–Kier alpha value is -1.75. The molecule has 0 saturated heterocycles. The van der Waals surface area contributed by atoms with Crippen LogP contribution in [0, 0.1) is 0 Å². The summed E-state index contributed by atoms with van der Waals surface area (Å²) in [4.78, 5) is 25.5. The molecular weight excluding hydrogens is 184 g/mol. The number of aliphatic carboxylic acids is 1. The molecule has 0 aromatic carbocycles. The predicted molar refractivity (Wildman–Crippen MR) is 48.8 cm³/mol. The van der Waals surface area contributed by atoms with Crippen LogP contribution in [0.4, 0.5) is 0 Å².